The lowest BCUT2D eigenvalue weighted by molar-refractivity contribution is -0.123. The van der Waals surface area contributed by atoms with Gasteiger partial charge >= 0.3 is 0 Å². The van der Waals surface area contributed by atoms with E-state index in [1.807, 2.05) is 7.05 Å². The number of nitrogens with zero attached hydrogens (tertiary/aromatic N) is 7. The van der Waals surface area contributed by atoms with Gasteiger partial charge in [-0.05, 0) is 52.0 Å². The van der Waals surface area contributed by atoms with Crippen molar-refractivity contribution in [1.29, 1.82) is 5.41 Å². The summed E-state index contributed by atoms with van der Waals surface area (Å²) in [5.74, 6) is -0.650. The van der Waals surface area contributed by atoms with Crippen molar-refractivity contribution in [2.75, 3.05) is 269 Å². The zero-order chi connectivity index (χ0) is 80.2. The molecule has 0 aromatic rings. The van der Waals surface area contributed by atoms with Crippen LogP contribution in [0.25, 0.3) is 0 Å². The van der Waals surface area contributed by atoms with E-state index in [1.54, 1.807) is 0 Å². The van der Waals surface area contributed by atoms with Gasteiger partial charge < -0.3 is 149 Å². The molecular formula is C73H149N27O8. The van der Waals surface area contributed by atoms with Gasteiger partial charge in [0.2, 0.25) is 41.4 Å². The highest BCUT2D eigenvalue weighted by Gasteiger charge is 2.18. The minimum atomic E-state index is -0.102. The SMILES string of the molecule is C=C(CCN(CCO)CCC(=C)NCCN(CCC(=C)NCCN(CCC(=O)NCCN)CCC(=O)NCCN)CCC(=N)CCN(C)CCC(=O)NCCN)NCCN(CCC(=C)NCCN(CCC(=O)NCCN)CCC(=O)NCCN)CCC(=C)NCCN(CCC(=O)NCCN)CCC(=O)NCCN. The van der Waals surface area contributed by atoms with Gasteiger partial charge in [-0.25, -0.2) is 0 Å². The third kappa shape index (κ3) is 61.9. The second-order valence-electron chi connectivity index (χ2n) is 26.8. The molecule has 35 nitrogen and oxygen atoms in total. The van der Waals surface area contributed by atoms with Crippen LogP contribution in [-0.4, -0.2) is 355 Å². The van der Waals surface area contributed by atoms with Crippen molar-refractivity contribution in [3.05, 3.63) is 61.4 Å². The van der Waals surface area contributed by atoms with E-state index in [0.29, 0.717) is 312 Å². The number of carbonyl (C=O) groups is 7. The van der Waals surface area contributed by atoms with Crippen LogP contribution in [0.15, 0.2) is 61.4 Å². The van der Waals surface area contributed by atoms with Crippen LogP contribution >= 0.6 is 0 Å². The van der Waals surface area contributed by atoms with Crippen molar-refractivity contribution >= 4 is 47.1 Å². The Balaban J connectivity index is 6.02. The maximum Gasteiger partial charge on any atom is 0.221 e. The molecule has 0 saturated carbocycles. The lowest BCUT2D eigenvalue weighted by Gasteiger charge is -2.26. The molecule has 0 spiro atoms. The van der Waals surface area contributed by atoms with E-state index in [0.717, 1.165) is 28.5 Å². The molecule has 28 N–H and O–H groups in total. The standard InChI is InChI=1S/C73H149N27O8/c1-61(84-37-56-97(48-15-68(103)88-29-22-75)49-16-69(104)89-30-23-76)7-42-95(43-8-62(2)85-38-57-98(50-17-70(105)90-31-24-77)51-18-71(106)91-32-25-78)54-35-82-64(4)10-45-100(59-60-101)46-11-65(5)83-36-55-96(47-13-66(81)12-40-94(6)41-14-67(102)87-28-21-74)44-9-63(3)86-39-58-99(52-19-72(107)92-33-26-79)53-20-73(108)93-34-27-80/h81-86,101H,1-5,7-60,74-80H2,6H3,(H,87,102)(H,88,103)(H,89,104)(H,90,105)(H,91,106)(H,92,107)(H,93,108). The first kappa shape index (κ1) is 101. The van der Waals surface area contributed by atoms with Gasteiger partial charge in [-0.1, -0.05) is 32.9 Å². The molecule has 0 aromatic heterocycles. The number of amides is 7. The van der Waals surface area contributed by atoms with Gasteiger partial charge in [0.15, 0.2) is 0 Å². The van der Waals surface area contributed by atoms with E-state index in [9.17, 15) is 38.7 Å². The fraction of sp³-hybridized carbons (Fsp3) is 0.753. The summed E-state index contributed by atoms with van der Waals surface area (Å²) in [5, 5.41) is 56.2. The molecule has 0 heterocycles. The Morgan fingerprint density at radius 3 is 0.620 bits per heavy atom. The fourth-order valence-electron chi connectivity index (χ4n) is 10.8. The van der Waals surface area contributed by atoms with Gasteiger partial charge in [0, 0.05) is 334 Å². The third-order valence-electron chi connectivity index (χ3n) is 17.5. The van der Waals surface area contributed by atoms with Gasteiger partial charge in [0.1, 0.15) is 0 Å². The van der Waals surface area contributed by atoms with Gasteiger partial charge in [-0.3, -0.25) is 33.6 Å². The Bertz CT molecular complexity index is 2360. The van der Waals surface area contributed by atoms with Crippen molar-refractivity contribution in [3.63, 3.8) is 0 Å². The van der Waals surface area contributed by atoms with Crippen LogP contribution in [0.2, 0.25) is 0 Å². The molecule has 0 rings (SSSR count). The summed E-state index contributed by atoms with van der Waals surface area (Å²) in [7, 11) is 1.95. The Hall–Kier alpha value is -6.94. The number of nitrogens with two attached hydrogens (primary N) is 7. The first-order valence-corrected chi connectivity index (χ1v) is 39.1. The van der Waals surface area contributed by atoms with Gasteiger partial charge in [0.25, 0.3) is 0 Å². The van der Waals surface area contributed by atoms with E-state index in [1.165, 1.54) is 0 Å². The number of hydrogen-bond acceptors (Lipinski definition) is 28. The zero-order valence-electron chi connectivity index (χ0n) is 66.2. The topological polar surface area (TPSA) is 513 Å². The lowest BCUT2D eigenvalue weighted by Crippen LogP contribution is -2.39. The lowest BCUT2D eigenvalue weighted by atomic mass is 10.1. The van der Waals surface area contributed by atoms with E-state index in [-0.39, 0.29) is 86.5 Å². The van der Waals surface area contributed by atoms with Crippen molar-refractivity contribution < 1.29 is 38.7 Å². The summed E-state index contributed by atoms with van der Waals surface area (Å²) in [6, 6.07) is 0. The van der Waals surface area contributed by atoms with E-state index < -0.39 is 0 Å². The van der Waals surface area contributed by atoms with Crippen LogP contribution in [0, 0.1) is 5.41 Å². The maximum atomic E-state index is 12.5. The van der Waals surface area contributed by atoms with Crippen molar-refractivity contribution in [3.8, 4) is 0 Å². The van der Waals surface area contributed by atoms with Crippen molar-refractivity contribution in [2.45, 2.75) is 89.9 Å². The number of aliphatic hydroxyl groups excluding tert-OH is 1. The van der Waals surface area contributed by atoms with Crippen LogP contribution in [0.5, 0.6) is 0 Å². The number of hydrogen-bond donors (Lipinski definition) is 21. The molecule has 0 fully saturated rings. The van der Waals surface area contributed by atoms with Crippen LogP contribution in [0.3, 0.4) is 0 Å². The van der Waals surface area contributed by atoms with E-state index in [2.05, 4.69) is 131 Å². The molecule has 0 saturated heterocycles. The molecule has 624 valence electrons. The van der Waals surface area contributed by atoms with Gasteiger partial charge in [0.05, 0.1) is 6.61 Å². The molecule has 7 amide bonds. The van der Waals surface area contributed by atoms with Crippen LogP contribution in [0.4, 0.5) is 0 Å². The summed E-state index contributed by atoms with van der Waals surface area (Å²) < 4.78 is 0. The number of aliphatic hydroxyl groups is 1. The maximum absolute atomic E-state index is 12.5. The summed E-state index contributed by atoms with van der Waals surface area (Å²) in [6.45, 7) is 41.7. The molecule has 35 heteroatoms. The Morgan fingerprint density at radius 2 is 0.417 bits per heavy atom. The summed E-state index contributed by atoms with van der Waals surface area (Å²) >= 11 is 0. The number of nitrogens with one attached hydrogen (secondary N) is 13. The average molecular weight is 1530 g/mol. The molecule has 108 heavy (non-hydrogen) atoms. The van der Waals surface area contributed by atoms with Crippen molar-refractivity contribution in [2.24, 2.45) is 40.1 Å². The van der Waals surface area contributed by atoms with Crippen LogP contribution in [0.1, 0.15) is 89.9 Å². The predicted molar refractivity (Wildman–Crippen MR) is 436 cm³/mol. The quantitative estimate of drug-likeness (QED) is 0.0252. The van der Waals surface area contributed by atoms with E-state index in [4.69, 9.17) is 45.5 Å². The number of rotatable bonds is 78. The molecule has 0 aromatic carbocycles. The minimum absolute atomic E-state index is 0.00921. The van der Waals surface area contributed by atoms with Gasteiger partial charge in [-0.15, -0.1) is 0 Å². The van der Waals surface area contributed by atoms with Crippen molar-refractivity contribution in [1.82, 2.24) is 98.1 Å². The monoisotopic (exact) mass is 1530 g/mol. The smallest absolute Gasteiger partial charge is 0.221 e. The molecule has 0 aliphatic rings. The Kier molecular flexibility index (Phi) is 64.8. The summed E-state index contributed by atoms with van der Waals surface area (Å²) in [6.07, 6.45) is 6.39. The molecule has 0 aliphatic carbocycles. The molecule has 0 aliphatic heterocycles. The summed E-state index contributed by atoms with van der Waals surface area (Å²) in [4.78, 5) is 102. The molecule has 0 atom stereocenters. The molecular weight excluding hydrogens is 1380 g/mol. The Morgan fingerprint density at radius 1 is 0.250 bits per heavy atom. The predicted octanol–water partition coefficient (Wildman–Crippen LogP) is -5.76. The normalized spacial score (nSPS) is 11.3. The average Bonchev–Trinajstić information content (AvgIpc) is 0.978. The number of carbonyl (C=O) groups excluding carboxylic acids is 7. The Labute approximate surface area is 646 Å². The second kappa shape index (κ2) is 69.3. The van der Waals surface area contributed by atoms with E-state index >= 15 is 0 Å². The first-order valence-electron chi connectivity index (χ1n) is 39.1. The fourth-order valence-corrected chi connectivity index (χ4v) is 10.8. The summed E-state index contributed by atoms with van der Waals surface area (Å²) in [5.41, 5.74) is 44.0. The van der Waals surface area contributed by atoms with Gasteiger partial charge in [-0.2, -0.15) is 0 Å². The highest BCUT2D eigenvalue weighted by Crippen LogP contribution is 2.09. The zero-order valence-corrected chi connectivity index (χ0v) is 66.2. The highest BCUT2D eigenvalue weighted by molar-refractivity contribution is 5.82. The largest absolute Gasteiger partial charge is 0.395 e. The molecule has 0 bridgehead atoms. The molecule has 0 unspecified atom stereocenters. The second-order valence-corrected chi connectivity index (χ2v) is 26.8. The minimum Gasteiger partial charge on any atom is -0.395 e. The van der Waals surface area contributed by atoms with Crippen LogP contribution in [-0.2, 0) is 33.6 Å². The third-order valence-corrected chi connectivity index (χ3v) is 17.5. The first-order chi connectivity index (χ1) is 52.0. The highest BCUT2D eigenvalue weighted by atomic mass is 16.3. The molecule has 0 radical (unpaired) electrons. The van der Waals surface area contributed by atoms with Crippen LogP contribution < -0.4 is 104 Å².